The topological polar surface area (TPSA) is 56.2 Å². The van der Waals surface area contributed by atoms with E-state index in [0.717, 1.165) is 22.1 Å². The van der Waals surface area contributed by atoms with E-state index >= 15 is 0 Å². The minimum absolute atomic E-state index is 0.248. The summed E-state index contributed by atoms with van der Waals surface area (Å²) in [5.41, 5.74) is 12.6. The Hall–Kier alpha value is -1.61. The summed E-state index contributed by atoms with van der Waals surface area (Å²) in [5, 5.41) is 1.07. The molecule has 3 heteroatoms. The van der Waals surface area contributed by atoms with Crippen molar-refractivity contribution in [3.8, 4) is 0 Å². The van der Waals surface area contributed by atoms with Gasteiger partial charge < -0.3 is 10.2 Å². The van der Waals surface area contributed by atoms with Crippen LogP contribution in [0.2, 0.25) is 0 Å². The number of rotatable bonds is 2. The number of benzene rings is 1. The van der Waals surface area contributed by atoms with Gasteiger partial charge in [-0.25, -0.2) is 4.79 Å². The van der Waals surface area contributed by atoms with Crippen molar-refractivity contribution in [3.63, 3.8) is 0 Å². The molecule has 1 aromatic heterocycles. The number of aryl methyl sites for hydroxylation is 2. The molecule has 1 aromatic carbocycles. The molecule has 0 spiro atoms. The van der Waals surface area contributed by atoms with Gasteiger partial charge in [-0.2, -0.15) is 0 Å². The maximum atomic E-state index is 12.0. The van der Waals surface area contributed by atoms with Crippen LogP contribution < -0.4 is 11.4 Å². The predicted molar refractivity (Wildman–Crippen MR) is 78.9 cm³/mol. The van der Waals surface area contributed by atoms with Crippen LogP contribution in [0.4, 0.5) is 0 Å². The van der Waals surface area contributed by atoms with E-state index in [2.05, 4.69) is 20.8 Å². The fourth-order valence-corrected chi connectivity index (χ4v) is 2.71. The second-order valence-corrected chi connectivity index (χ2v) is 5.24. The minimum atomic E-state index is -0.248. The Labute approximate surface area is 113 Å². The number of nitrogens with two attached hydrogens (primary N) is 1. The molecule has 3 nitrogen and oxygen atoms in total. The molecule has 0 fully saturated rings. The molecular weight excluding hydrogens is 238 g/mol. The highest BCUT2D eigenvalue weighted by atomic mass is 16.4. The van der Waals surface area contributed by atoms with Crippen LogP contribution in [-0.4, -0.2) is 6.54 Å². The molecule has 0 radical (unpaired) electrons. The van der Waals surface area contributed by atoms with Crippen LogP contribution in [-0.2, 0) is 6.42 Å². The highest BCUT2D eigenvalue weighted by Gasteiger charge is 2.17. The lowest BCUT2D eigenvalue weighted by Crippen LogP contribution is -2.13. The fourth-order valence-electron chi connectivity index (χ4n) is 2.71. The Morgan fingerprint density at radius 1 is 0.895 bits per heavy atom. The molecule has 0 aliphatic carbocycles. The Kier molecular flexibility index (Phi) is 3.50. The molecule has 1 heterocycles. The minimum Gasteiger partial charge on any atom is -0.422 e. The van der Waals surface area contributed by atoms with E-state index in [-0.39, 0.29) is 5.63 Å². The van der Waals surface area contributed by atoms with Crippen LogP contribution in [0.25, 0.3) is 11.0 Å². The van der Waals surface area contributed by atoms with E-state index in [0.29, 0.717) is 18.5 Å². The van der Waals surface area contributed by atoms with Gasteiger partial charge in [-0.05, 0) is 75.4 Å². The first-order valence-electron chi connectivity index (χ1n) is 6.62. The standard InChI is InChI=1S/C16H21NO2/c1-8-9(2)11(4)15-14(10(8)3)13(6-7-17)12(5)16(18)19-15/h6-7,17H2,1-5H3. The van der Waals surface area contributed by atoms with Gasteiger partial charge in [0.2, 0.25) is 0 Å². The molecular formula is C16H21NO2. The summed E-state index contributed by atoms with van der Waals surface area (Å²) in [5.74, 6) is 0. The highest BCUT2D eigenvalue weighted by Crippen LogP contribution is 2.31. The number of hydrogen-bond donors (Lipinski definition) is 1. The van der Waals surface area contributed by atoms with Crippen LogP contribution in [0, 0.1) is 34.6 Å². The lowest BCUT2D eigenvalue weighted by atomic mass is 9.90. The first-order valence-corrected chi connectivity index (χ1v) is 6.62. The van der Waals surface area contributed by atoms with E-state index in [1.807, 2.05) is 13.8 Å². The van der Waals surface area contributed by atoms with E-state index in [9.17, 15) is 4.79 Å². The summed E-state index contributed by atoms with van der Waals surface area (Å²) in [7, 11) is 0. The summed E-state index contributed by atoms with van der Waals surface area (Å²) in [6, 6.07) is 0. The van der Waals surface area contributed by atoms with Gasteiger partial charge in [0.15, 0.2) is 0 Å². The summed E-state index contributed by atoms with van der Waals surface area (Å²) < 4.78 is 5.53. The third-order valence-corrected chi connectivity index (χ3v) is 4.28. The number of fused-ring (bicyclic) bond motifs is 1. The van der Waals surface area contributed by atoms with Crippen LogP contribution in [0.3, 0.4) is 0 Å². The zero-order chi connectivity index (χ0) is 14.3. The third-order valence-electron chi connectivity index (χ3n) is 4.28. The molecule has 102 valence electrons. The Morgan fingerprint density at radius 3 is 2.05 bits per heavy atom. The summed E-state index contributed by atoms with van der Waals surface area (Å²) in [6.07, 6.45) is 0.705. The lowest BCUT2D eigenvalue weighted by Gasteiger charge is -2.16. The van der Waals surface area contributed by atoms with Crippen molar-refractivity contribution in [2.24, 2.45) is 5.73 Å². The van der Waals surface area contributed by atoms with Gasteiger partial charge >= 0.3 is 5.63 Å². The fraction of sp³-hybridized carbons (Fsp3) is 0.438. The third kappa shape index (κ3) is 1.98. The molecule has 0 atom stereocenters. The largest absolute Gasteiger partial charge is 0.422 e. The predicted octanol–water partition coefficient (Wildman–Crippen LogP) is 2.84. The van der Waals surface area contributed by atoms with Gasteiger partial charge in [0.1, 0.15) is 5.58 Å². The molecule has 2 aromatic rings. The first-order chi connectivity index (χ1) is 8.90. The van der Waals surface area contributed by atoms with E-state index in [1.165, 1.54) is 16.7 Å². The van der Waals surface area contributed by atoms with Crippen LogP contribution in [0.5, 0.6) is 0 Å². The molecule has 0 aliphatic rings. The second-order valence-electron chi connectivity index (χ2n) is 5.24. The van der Waals surface area contributed by atoms with E-state index in [4.69, 9.17) is 10.2 Å². The molecule has 0 unspecified atom stereocenters. The lowest BCUT2D eigenvalue weighted by molar-refractivity contribution is 0.549. The van der Waals surface area contributed by atoms with Crippen molar-refractivity contribution in [3.05, 3.63) is 43.8 Å². The van der Waals surface area contributed by atoms with Crippen LogP contribution >= 0.6 is 0 Å². The molecule has 0 saturated heterocycles. The molecule has 2 N–H and O–H groups in total. The molecule has 0 aliphatic heterocycles. The summed E-state index contributed by atoms with van der Waals surface area (Å²) >= 11 is 0. The monoisotopic (exact) mass is 259 g/mol. The Bertz CT molecular complexity index is 711. The molecule has 19 heavy (non-hydrogen) atoms. The van der Waals surface area contributed by atoms with Gasteiger partial charge in [-0.3, -0.25) is 0 Å². The molecule has 2 rings (SSSR count). The van der Waals surface area contributed by atoms with Gasteiger partial charge in [0.25, 0.3) is 0 Å². The van der Waals surface area contributed by atoms with Crippen LogP contribution in [0.15, 0.2) is 9.21 Å². The van der Waals surface area contributed by atoms with Crippen molar-refractivity contribution in [1.82, 2.24) is 0 Å². The van der Waals surface area contributed by atoms with Gasteiger partial charge in [0, 0.05) is 10.9 Å². The van der Waals surface area contributed by atoms with Gasteiger partial charge in [0.05, 0.1) is 0 Å². The SMILES string of the molecule is Cc1c(C)c(C)c2c(CCN)c(C)c(=O)oc2c1C. The summed E-state index contributed by atoms with van der Waals surface area (Å²) in [6.45, 7) is 10.6. The zero-order valence-corrected chi connectivity index (χ0v) is 12.3. The quantitative estimate of drug-likeness (QED) is 0.844. The molecule has 0 bridgehead atoms. The zero-order valence-electron chi connectivity index (χ0n) is 12.3. The van der Waals surface area contributed by atoms with E-state index < -0.39 is 0 Å². The second kappa shape index (κ2) is 4.82. The average Bonchev–Trinajstić information content (AvgIpc) is 2.39. The smallest absolute Gasteiger partial charge is 0.339 e. The molecule has 0 saturated carbocycles. The van der Waals surface area contributed by atoms with Crippen molar-refractivity contribution < 1.29 is 4.42 Å². The van der Waals surface area contributed by atoms with Crippen molar-refractivity contribution in [2.75, 3.05) is 6.54 Å². The van der Waals surface area contributed by atoms with Gasteiger partial charge in [-0.15, -0.1) is 0 Å². The van der Waals surface area contributed by atoms with Crippen LogP contribution in [0.1, 0.15) is 33.4 Å². The maximum Gasteiger partial charge on any atom is 0.339 e. The molecule has 0 amide bonds. The highest BCUT2D eigenvalue weighted by molar-refractivity contribution is 5.89. The Balaban J connectivity index is 3.08. The van der Waals surface area contributed by atoms with Crippen molar-refractivity contribution in [1.29, 1.82) is 0 Å². The van der Waals surface area contributed by atoms with Crippen molar-refractivity contribution in [2.45, 2.75) is 41.0 Å². The van der Waals surface area contributed by atoms with Gasteiger partial charge in [-0.1, -0.05) is 0 Å². The Morgan fingerprint density at radius 2 is 1.47 bits per heavy atom. The summed E-state index contributed by atoms with van der Waals surface area (Å²) in [4.78, 5) is 12.0. The van der Waals surface area contributed by atoms with Crippen molar-refractivity contribution >= 4 is 11.0 Å². The van der Waals surface area contributed by atoms with E-state index in [1.54, 1.807) is 0 Å². The normalized spacial score (nSPS) is 11.3. The first kappa shape index (κ1) is 13.8. The average molecular weight is 259 g/mol. The number of hydrogen-bond acceptors (Lipinski definition) is 3. The maximum absolute atomic E-state index is 12.0.